The third kappa shape index (κ3) is 3.84. The fourth-order valence-electron chi connectivity index (χ4n) is 4.48. The predicted octanol–water partition coefficient (Wildman–Crippen LogP) is 3.46. The number of sulfonamides is 1. The second-order valence-electron chi connectivity index (χ2n) is 8.00. The zero-order valence-corrected chi connectivity index (χ0v) is 18.3. The van der Waals surface area contributed by atoms with E-state index in [2.05, 4.69) is 13.0 Å². The van der Waals surface area contributed by atoms with E-state index in [1.54, 1.807) is 24.3 Å². The van der Waals surface area contributed by atoms with E-state index >= 15 is 0 Å². The van der Waals surface area contributed by atoms with Crippen LogP contribution in [-0.4, -0.2) is 44.4 Å². The number of carbonyl (C=O) groups is 1. The van der Waals surface area contributed by atoms with Crippen LogP contribution in [0.25, 0.3) is 0 Å². The largest absolute Gasteiger partial charge is 0.494 e. The minimum atomic E-state index is -3.65. The van der Waals surface area contributed by atoms with Crippen LogP contribution in [0.15, 0.2) is 53.4 Å². The molecule has 4 rings (SSSR count). The number of amides is 1. The molecule has 0 aliphatic carbocycles. The number of piperidine rings is 1. The van der Waals surface area contributed by atoms with Gasteiger partial charge in [0.25, 0.3) is 0 Å². The first-order valence-electron chi connectivity index (χ1n) is 10.6. The number of rotatable bonds is 5. The standard InChI is InChI=1S/C23H28N2O4S/c1-3-29-20-10-12-21(13-11-20)30(27,28)24-14-6-8-19(16-24)23(26)25-17(2)15-18-7-4-5-9-22(18)25/h4-5,7,9-13,17,19H,3,6,8,14-16H2,1-2H3. The molecule has 2 aromatic carbocycles. The van der Waals surface area contributed by atoms with Crippen LogP contribution < -0.4 is 9.64 Å². The van der Waals surface area contributed by atoms with E-state index in [4.69, 9.17) is 4.74 Å². The highest BCUT2D eigenvalue weighted by Crippen LogP contribution is 2.35. The number of anilines is 1. The molecule has 0 spiro atoms. The molecule has 160 valence electrons. The Hall–Kier alpha value is -2.38. The Labute approximate surface area is 178 Å². The molecule has 2 unspecified atom stereocenters. The van der Waals surface area contributed by atoms with Crippen LogP contribution >= 0.6 is 0 Å². The molecule has 2 aliphatic rings. The minimum Gasteiger partial charge on any atom is -0.494 e. The van der Waals surface area contributed by atoms with Gasteiger partial charge in [0.15, 0.2) is 0 Å². The predicted molar refractivity (Wildman–Crippen MR) is 116 cm³/mol. The summed E-state index contributed by atoms with van der Waals surface area (Å²) in [5.41, 5.74) is 2.13. The highest BCUT2D eigenvalue weighted by molar-refractivity contribution is 7.89. The smallest absolute Gasteiger partial charge is 0.243 e. The number of carbonyl (C=O) groups excluding carboxylic acids is 1. The van der Waals surface area contributed by atoms with E-state index in [-0.39, 0.29) is 29.3 Å². The summed E-state index contributed by atoms with van der Waals surface area (Å²) in [4.78, 5) is 15.5. The minimum absolute atomic E-state index is 0.0269. The van der Waals surface area contributed by atoms with Crippen LogP contribution in [0, 0.1) is 5.92 Å². The number of fused-ring (bicyclic) bond motifs is 1. The Morgan fingerprint density at radius 3 is 2.60 bits per heavy atom. The highest BCUT2D eigenvalue weighted by atomic mass is 32.2. The van der Waals surface area contributed by atoms with Gasteiger partial charge in [0.05, 0.1) is 17.4 Å². The van der Waals surface area contributed by atoms with Gasteiger partial charge in [0.2, 0.25) is 15.9 Å². The quantitative estimate of drug-likeness (QED) is 0.731. The molecular formula is C23H28N2O4S. The van der Waals surface area contributed by atoms with Crippen molar-refractivity contribution in [1.82, 2.24) is 4.31 Å². The molecule has 2 atom stereocenters. The second-order valence-corrected chi connectivity index (χ2v) is 9.93. The van der Waals surface area contributed by atoms with Gasteiger partial charge in [-0.3, -0.25) is 4.79 Å². The van der Waals surface area contributed by atoms with Crippen LogP contribution in [0.5, 0.6) is 5.75 Å². The van der Waals surface area contributed by atoms with Crippen molar-refractivity contribution in [3.63, 3.8) is 0 Å². The molecular weight excluding hydrogens is 400 g/mol. The lowest BCUT2D eigenvalue weighted by Gasteiger charge is -2.34. The molecule has 1 amide bonds. The van der Waals surface area contributed by atoms with Crippen LogP contribution in [0.4, 0.5) is 5.69 Å². The molecule has 2 aliphatic heterocycles. The van der Waals surface area contributed by atoms with E-state index in [1.165, 1.54) is 9.87 Å². The lowest BCUT2D eigenvalue weighted by molar-refractivity contribution is -0.123. The summed E-state index contributed by atoms with van der Waals surface area (Å²) < 4.78 is 33.2. The SMILES string of the molecule is CCOc1ccc(S(=O)(=O)N2CCCC(C(=O)N3c4ccccc4CC3C)C2)cc1. The molecule has 2 heterocycles. The van der Waals surface area contributed by atoms with Crippen LogP contribution in [0.3, 0.4) is 0 Å². The van der Waals surface area contributed by atoms with Gasteiger partial charge in [-0.15, -0.1) is 0 Å². The highest BCUT2D eigenvalue weighted by Gasteiger charge is 2.39. The molecule has 1 saturated heterocycles. The Morgan fingerprint density at radius 2 is 1.87 bits per heavy atom. The van der Waals surface area contributed by atoms with E-state index in [9.17, 15) is 13.2 Å². The van der Waals surface area contributed by atoms with Gasteiger partial charge in [0, 0.05) is 24.8 Å². The molecule has 1 fully saturated rings. The van der Waals surface area contributed by atoms with Crippen molar-refractivity contribution < 1.29 is 17.9 Å². The van der Waals surface area contributed by atoms with Gasteiger partial charge in [-0.25, -0.2) is 8.42 Å². The van der Waals surface area contributed by atoms with Crippen molar-refractivity contribution in [3.8, 4) is 5.75 Å². The van der Waals surface area contributed by atoms with E-state index in [0.717, 1.165) is 12.1 Å². The molecule has 30 heavy (non-hydrogen) atoms. The number of hydrogen-bond donors (Lipinski definition) is 0. The zero-order valence-electron chi connectivity index (χ0n) is 17.5. The van der Waals surface area contributed by atoms with E-state index in [1.807, 2.05) is 30.0 Å². The summed E-state index contributed by atoms with van der Waals surface area (Å²) in [5, 5.41) is 0. The molecule has 6 nitrogen and oxygen atoms in total. The Balaban J connectivity index is 1.52. The Morgan fingerprint density at radius 1 is 1.13 bits per heavy atom. The fraction of sp³-hybridized carbons (Fsp3) is 0.435. The number of ether oxygens (including phenoxy) is 1. The summed E-state index contributed by atoms with van der Waals surface area (Å²) in [6, 6.07) is 14.6. The van der Waals surface area contributed by atoms with Gasteiger partial charge < -0.3 is 9.64 Å². The maximum atomic E-state index is 13.4. The second kappa shape index (κ2) is 8.40. The number of benzene rings is 2. The molecule has 7 heteroatoms. The molecule has 0 radical (unpaired) electrons. The molecule has 0 saturated carbocycles. The van der Waals surface area contributed by atoms with Crippen molar-refractivity contribution in [2.24, 2.45) is 5.92 Å². The van der Waals surface area contributed by atoms with Crippen molar-refractivity contribution in [2.45, 2.75) is 44.0 Å². The third-order valence-corrected chi connectivity index (χ3v) is 7.83. The maximum Gasteiger partial charge on any atom is 0.243 e. The van der Waals surface area contributed by atoms with Crippen molar-refractivity contribution in [3.05, 3.63) is 54.1 Å². The van der Waals surface area contributed by atoms with Gasteiger partial charge >= 0.3 is 0 Å². The first-order chi connectivity index (χ1) is 14.4. The molecule has 0 bridgehead atoms. The first kappa shape index (κ1) is 20.9. The van der Waals surface area contributed by atoms with Crippen molar-refractivity contribution in [2.75, 3.05) is 24.6 Å². The summed E-state index contributed by atoms with van der Waals surface area (Å²) in [5.74, 6) is 0.341. The summed E-state index contributed by atoms with van der Waals surface area (Å²) in [7, 11) is -3.65. The van der Waals surface area contributed by atoms with Crippen LogP contribution in [0.1, 0.15) is 32.3 Å². The van der Waals surface area contributed by atoms with Crippen molar-refractivity contribution in [1.29, 1.82) is 0 Å². The zero-order chi connectivity index (χ0) is 21.3. The summed E-state index contributed by atoms with van der Waals surface area (Å²) >= 11 is 0. The number of para-hydroxylation sites is 1. The van der Waals surface area contributed by atoms with Gasteiger partial charge in [0.1, 0.15) is 5.75 Å². The molecule has 2 aromatic rings. The monoisotopic (exact) mass is 428 g/mol. The summed E-state index contributed by atoms with van der Waals surface area (Å²) in [6.07, 6.45) is 2.22. The average Bonchev–Trinajstić information content (AvgIpc) is 3.09. The maximum absolute atomic E-state index is 13.4. The average molecular weight is 429 g/mol. The Bertz CT molecular complexity index is 1020. The van der Waals surface area contributed by atoms with Crippen LogP contribution in [-0.2, 0) is 21.2 Å². The normalized spacial score (nSPS) is 22.0. The van der Waals surface area contributed by atoms with Crippen molar-refractivity contribution >= 4 is 21.6 Å². The number of nitrogens with zero attached hydrogens (tertiary/aromatic N) is 2. The fourth-order valence-corrected chi connectivity index (χ4v) is 6.01. The van der Waals surface area contributed by atoms with Gasteiger partial charge in [-0.05, 0) is 69.0 Å². The molecule has 0 N–H and O–H groups in total. The third-order valence-electron chi connectivity index (χ3n) is 5.95. The van der Waals surface area contributed by atoms with Gasteiger partial charge in [-0.1, -0.05) is 18.2 Å². The van der Waals surface area contributed by atoms with E-state index < -0.39 is 10.0 Å². The number of hydrogen-bond acceptors (Lipinski definition) is 4. The van der Waals surface area contributed by atoms with Gasteiger partial charge in [-0.2, -0.15) is 4.31 Å². The lowest BCUT2D eigenvalue weighted by Crippen LogP contribution is -2.48. The molecule has 0 aromatic heterocycles. The Kier molecular flexibility index (Phi) is 5.84. The van der Waals surface area contributed by atoms with Crippen LogP contribution in [0.2, 0.25) is 0 Å². The van der Waals surface area contributed by atoms with E-state index in [0.29, 0.717) is 31.7 Å². The first-order valence-corrected chi connectivity index (χ1v) is 12.0. The topological polar surface area (TPSA) is 66.9 Å². The summed E-state index contributed by atoms with van der Waals surface area (Å²) in [6.45, 7) is 5.12. The lowest BCUT2D eigenvalue weighted by atomic mass is 9.97.